The van der Waals surface area contributed by atoms with Crippen LogP contribution in [0.1, 0.15) is 38.5 Å². The number of carbonyl (C=O) groups excluding carboxylic acids is 2. The van der Waals surface area contributed by atoms with E-state index in [1.807, 2.05) is 48.5 Å². The number of ether oxygens (including phenoxy) is 1. The average molecular weight is 559 g/mol. The molecular weight excluding hydrogens is 537 g/mol. The minimum atomic E-state index is -4.66. The van der Waals surface area contributed by atoms with Crippen LogP contribution in [0, 0.1) is 5.92 Å². The monoisotopic (exact) mass is 558 g/mol. The van der Waals surface area contributed by atoms with Crippen molar-refractivity contribution in [2.75, 3.05) is 7.11 Å². The third kappa shape index (κ3) is 4.23. The molecule has 0 N–H and O–H groups in total. The van der Waals surface area contributed by atoms with Crippen molar-refractivity contribution >= 4 is 44.7 Å². The summed E-state index contributed by atoms with van der Waals surface area (Å²) in [5.41, 5.74) is 0.767. The van der Waals surface area contributed by atoms with Crippen LogP contribution in [0.3, 0.4) is 0 Å². The maximum Gasteiger partial charge on any atom is 0.417 e. The summed E-state index contributed by atoms with van der Waals surface area (Å²) in [5.74, 6) is -2.18. The number of fused-ring (bicyclic) bond motifs is 5. The van der Waals surface area contributed by atoms with Gasteiger partial charge in [0, 0.05) is 5.56 Å². The van der Waals surface area contributed by atoms with E-state index in [-0.39, 0.29) is 17.8 Å². The van der Waals surface area contributed by atoms with E-state index in [1.54, 1.807) is 31.4 Å². The van der Waals surface area contributed by atoms with Crippen LogP contribution in [0.4, 0.5) is 13.2 Å². The Kier molecular flexibility index (Phi) is 6.38. The Bertz CT molecular complexity index is 1810. The molecule has 0 aliphatic heterocycles. The lowest BCUT2D eigenvalue weighted by Gasteiger charge is -2.31. The molecule has 0 heterocycles. The number of methoxy groups -OCH3 is 1. The fourth-order valence-electron chi connectivity index (χ4n) is 5.79. The zero-order chi connectivity index (χ0) is 28.2. The van der Waals surface area contributed by atoms with E-state index in [9.17, 15) is 22.8 Å². The summed E-state index contributed by atoms with van der Waals surface area (Å²) in [4.78, 5) is 28.2. The predicted octanol–water partition coefficient (Wildman–Crippen LogP) is 8.43. The van der Waals surface area contributed by atoms with Gasteiger partial charge in [0.05, 0.1) is 29.5 Å². The highest BCUT2D eigenvalue weighted by Crippen LogP contribution is 2.44. The summed E-state index contributed by atoms with van der Waals surface area (Å²) in [7, 11) is 1.54. The highest BCUT2D eigenvalue weighted by molar-refractivity contribution is 6.32. The fraction of sp³-hybridized carbons (Fsp3) is 0.152. The summed E-state index contributed by atoms with van der Waals surface area (Å²) >= 11 is 6.20. The predicted molar refractivity (Wildman–Crippen MR) is 149 cm³/mol. The topological polar surface area (TPSA) is 43.4 Å². The van der Waals surface area contributed by atoms with E-state index in [1.165, 1.54) is 12.1 Å². The Labute approximate surface area is 233 Å². The van der Waals surface area contributed by atoms with Crippen molar-refractivity contribution in [1.29, 1.82) is 0 Å². The zero-order valence-electron chi connectivity index (χ0n) is 21.3. The van der Waals surface area contributed by atoms with Gasteiger partial charge in [-0.2, -0.15) is 13.2 Å². The second-order valence-corrected chi connectivity index (χ2v) is 10.3. The summed E-state index contributed by atoms with van der Waals surface area (Å²) < 4.78 is 46.0. The lowest BCUT2D eigenvalue weighted by Crippen LogP contribution is -2.37. The number of alkyl halides is 3. The van der Waals surface area contributed by atoms with Crippen molar-refractivity contribution in [3.63, 3.8) is 0 Å². The summed E-state index contributed by atoms with van der Waals surface area (Å²) in [6, 6.07) is 26.0. The molecule has 0 saturated heterocycles. The van der Waals surface area contributed by atoms with E-state index >= 15 is 0 Å². The molecule has 1 aliphatic rings. The van der Waals surface area contributed by atoms with E-state index in [2.05, 4.69) is 0 Å². The van der Waals surface area contributed by atoms with E-state index in [0.717, 1.165) is 22.2 Å². The van der Waals surface area contributed by atoms with Crippen molar-refractivity contribution in [3.05, 3.63) is 124 Å². The lowest BCUT2D eigenvalue weighted by atomic mass is 9.69. The molecule has 3 nitrogen and oxygen atoms in total. The second kappa shape index (κ2) is 9.79. The average Bonchev–Trinajstić information content (AvgIpc) is 2.95. The Balaban J connectivity index is 1.56. The summed E-state index contributed by atoms with van der Waals surface area (Å²) in [5, 5.41) is 3.04. The van der Waals surface area contributed by atoms with Crippen LogP contribution in [0.5, 0.6) is 5.75 Å². The van der Waals surface area contributed by atoms with Gasteiger partial charge in [0.2, 0.25) is 0 Å². The van der Waals surface area contributed by atoms with Crippen LogP contribution in [-0.4, -0.2) is 18.7 Å². The zero-order valence-corrected chi connectivity index (χ0v) is 22.0. The lowest BCUT2D eigenvalue weighted by molar-refractivity contribution is -0.137. The largest absolute Gasteiger partial charge is 0.497 e. The smallest absolute Gasteiger partial charge is 0.417 e. The molecule has 0 bridgehead atoms. The molecule has 2 unspecified atom stereocenters. The molecule has 0 amide bonds. The maximum absolute atomic E-state index is 14.1. The first-order chi connectivity index (χ1) is 19.2. The van der Waals surface area contributed by atoms with Gasteiger partial charge in [-0.05, 0) is 62.9 Å². The minimum Gasteiger partial charge on any atom is -0.497 e. The number of halogens is 4. The van der Waals surface area contributed by atoms with Gasteiger partial charge >= 0.3 is 6.18 Å². The molecule has 0 spiro atoms. The fourth-order valence-corrected chi connectivity index (χ4v) is 6.10. The molecule has 0 fully saturated rings. The highest BCUT2D eigenvalue weighted by Gasteiger charge is 2.43. The SMILES string of the molecule is COc1ccc(C2C(=O)C(Cc3cccc(C(F)(F)F)c3Cl)C(=O)c3c2ccc2c3ccc3ccccc32)cc1. The van der Waals surface area contributed by atoms with Gasteiger partial charge in [0.1, 0.15) is 5.75 Å². The van der Waals surface area contributed by atoms with E-state index in [0.29, 0.717) is 27.8 Å². The standard InChI is InChI=1S/C33H22ClF3O3/c1-40-21-12-9-19(10-13-21)28-25-16-15-23-22-7-3-2-5-18(22)11-14-24(23)29(25)32(39)26(31(28)38)17-20-6-4-8-27(30(20)34)33(35,36)37/h2-16,26,28H,17H2,1H3. The van der Waals surface area contributed by atoms with Crippen LogP contribution in [0.2, 0.25) is 5.02 Å². The normalized spacial score (nSPS) is 17.3. The molecular formula is C33H22ClF3O3. The van der Waals surface area contributed by atoms with Crippen molar-refractivity contribution in [3.8, 4) is 5.75 Å². The van der Waals surface area contributed by atoms with Gasteiger partial charge in [-0.1, -0.05) is 84.4 Å². The number of Topliss-reactive ketones (excluding diaryl/α,β-unsaturated/α-hetero) is 2. The third-order valence-electron chi connectivity index (χ3n) is 7.72. The first-order valence-corrected chi connectivity index (χ1v) is 13.1. The van der Waals surface area contributed by atoms with Crippen molar-refractivity contribution < 1.29 is 27.5 Å². The molecule has 6 rings (SSSR count). The Hall–Kier alpha value is -4.16. The van der Waals surface area contributed by atoms with Crippen molar-refractivity contribution in [2.24, 2.45) is 5.92 Å². The number of hydrogen-bond acceptors (Lipinski definition) is 3. The van der Waals surface area contributed by atoms with Gasteiger partial charge in [-0.15, -0.1) is 0 Å². The minimum absolute atomic E-state index is 0.103. The first-order valence-electron chi connectivity index (χ1n) is 12.7. The summed E-state index contributed by atoms with van der Waals surface area (Å²) in [6.45, 7) is 0. The van der Waals surface area contributed by atoms with Crippen LogP contribution in [0.25, 0.3) is 21.5 Å². The molecule has 1 aliphatic carbocycles. The molecule has 5 aromatic carbocycles. The number of carbonyl (C=O) groups is 2. The summed E-state index contributed by atoms with van der Waals surface area (Å²) in [6.07, 6.45) is -4.90. The molecule has 7 heteroatoms. The third-order valence-corrected chi connectivity index (χ3v) is 8.16. The van der Waals surface area contributed by atoms with Gasteiger partial charge in [-0.25, -0.2) is 0 Å². The first kappa shape index (κ1) is 26.1. The van der Waals surface area contributed by atoms with Crippen molar-refractivity contribution in [1.82, 2.24) is 0 Å². The van der Waals surface area contributed by atoms with E-state index < -0.39 is 34.4 Å². The molecule has 2 atom stereocenters. The number of hydrogen-bond donors (Lipinski definition) is 0. The van der Waals surface area contributed by atoms with Crippen LogP contribution >= 0.6 is 11.6 Å². The molecule has 0 radical (unpaired) electrons. The van der Waals surface area contributed by atoms with Crippen molar-refractivity contribution in [2.45, 2.75) is 18.5 Å². The van der Waals surface area contributed by atoms with Crippen LogP contribution in [0.15, 0.2) is 91.0 Å². The molecule has 5 aromatic rings. The Morgan fingerprint density at radius 1 is 0.800 bits per heavy atom. The maximum atomic E-state index is 14.1. The van der Waals surface area contributed by atoms with Gasteiger partial charge in [0.25, 0.3) is 0 Å². The Morgan fingerprint density at radius 3 is 2.25 bits per heavy atom. The molecule has 200 valence electrons. The van der Waals surface area contributed by atoms with E-state index in [4.69, 9.17) is 16.3 Å². The highest BCUT2D eigenvalue weighted by atomic mass is 35.5. The molecule has 40 heavy (non-hydrogen) atoms. The van der Waals surface area contributed by atoms with Gasteiger partial charge in [0.15, 0.2) is 11.6 Å². The van der Waals surface area contributed by atoms with Crippen LogP contribution in [-0.2, 0) is 17.4 Å². The molecule has 0 saturated carbocycles. The van der Waals surface area contributed by atoms with Gasteiger partial charge in [-0.3, -0.25) is 9.59 Å². The number of benzene rings is 5. The van der Waals surface area contributed by atoms with Gasteiger partial charge < -0.3 is 4.74 Å². The number of rotatable bonds is 4. The van der Waals surface area contributed by atoms with Crippen LogP contribution < -0.4 is 4.74 Å². The quantitative estimate of drug-likeness (QED) is 0.164. The second-order valence-electron chi connectivity index (χ2n) is 9.92. The number of ketones is 2. The molecule has 0 aromatic heterocycles. The Morgan fingerprint density at radius 2 is 1.52 bits per heavy atom.